The van der Waals surface area contributed by atoms with Crippen LogP contribution >= 0.6 is 0 Å². The first-order valence-corrected chi connectivity index (χ1v) is 14.4. The van der Waals surface area contributed by atoms with Gasteiger partial charge in [0.1, 0.15) is 0 Å². The molecule has 2 aromatic carbocycles. The average Bonchev–Trinajstić information content (AvgIpc) is 3.44. The lowest BCUT2D eigenvalue weighted by atomic mass is 10.0. The summed E-state index contributed by atoms with van der Waals surface area (Å²) in [5.74, 6) is -0.536. The van der Waals surface area contributed by atoms with Crippen LogP contribution in [0.15, 0.2) is 48.5 Å². The number of Topliss-reactive ketones (excluding diaryl/α,β-unsaturated/α-hetero) is 1. The van der Waals surface area contributed by atoms with Gasteiger partial charge in [-0.1, -0.05) is 6.07 Å². The third-order valence-corrected chi connectivity index (χ3v) is 8.24. The number of benzene rings is 2. The van der Waals surface area contributed by atoms with E-state index in [1.807, 2.05) is 43.0 Å². The predicted molar refractivity (Wildman–Crippen MR) is 152 cm³/mol. The number of likely N-dealkylation sites (tertiary alicyclic amines) is 1. The van der Waals surface area contributed by atoms with Crippen LogP contribution < -0.4 is 10.2 Å². The van der Waals surface area contributed by atoms with Crippen molar-refractivity contribution in [2.24, 2.45) is 5.92 Å². The Kier molecular flexibility index (Phi) is 10.1. The van der Waals surface area contributed by atoms with Crippen LogP contribution in [0.4, 0.5) is 18.9 Å². The maximum atomic E-state index is 12.9. The summed E-state index contributed by atoms with van der Waals surface area (Å²) in [6.07, 6.45) is -1.23. The Balaban J connectivity index is 1.19. The van der Waals surface area contributed by atoms with E-state index >= 15 is 0 Å². The molecule has 0 bridgehead atoms. The fourth-order valence-electron chi connectivity index (χ4n) is 5.87. The van der Waals surface area contributed by atoms with Crippen LogP contribution in [0.1, 0.15) is 65.8 Å². The number of ketones is 1. The van der Waals surface area contributed by atoms with Crippen molar-refractivity contribution in [3.8, 4) is 0 Å². The van der Waals surface area contributed by atoms with Crippen molar-refractivity contribution in [2.75, 3.05) is 50.7 Å². The van der Waals surface area contributed by atoms with E-state index in [1.54, 1.807) is 0 Å². The monoisotopic (exact) mass is 572 g/mol. The van der Waals surface area contributed by atoms with Crippen molar-refractivity contribution in [3.63, 3.8) is 0 Å². The molecule has 2 amide bonds. The number of alkyl halides is 3. The molecular weight excluding hydrogens is 533 g/mol. The van der Waals surface area contributed by atoms with Crippen molar-refractivity contribution in [3.05, 3.63) is 65.2 Å². The zero-order valence-corrected chi connectivity index (χ0v) is 23.8. The molecule has 7 nitrogen and oxygen atoms in total. The second-order valence-corrected chi connectivity index (χ2v) is 10.9. The lowest BCUT2D eigenvalue weighted by Crippen LogP contribution is -2.44. The first-order chi connectivity index (χ1) is 19.6. The van der Waals surface area contributed by atoms with Crippen LogP contribution in [0.25, 0.3) is 0 Å². The molecular formula is C31H39F3N4O3. The van der Waals surface area contributed by atoms with Crippen LogP contribution in [0.3, 0.4) is 0 Å². The van der Waals surface area contributed by atoms with E-state index in [0.29, 0.717) is 31.1 Å². The highest BCUT2D eigenvalue weighted by atomic mass is 19.4. The number of nitrogens with one attached hydrogen (secondary N) is 1. The number of amides is 2. The van der Waals surface area contributed by atoms with Crippen LogP contribution in [0.2, 0.25) is 0 Å². The maximum Gasteiger partial charge on any atom is 0.416 e. The van der Waals surface area contributed by atoms with Gasteiger partial charge in [0.2, 0.25) is 0 Å². The molecule has 2 aromatic rings. The molecule has 2 aliphatic rings. The number of piperidine rings is 1. The summed E-state index contributed by atoms with van der Waals surface area (Å²) in [5.41, 5.74) is 0.820. The summed E-state index contributed by atoms with van der Waals surface area (Å²) in [4.78, 5) is 44.0. The number of nitrogens with zero attached hydrogens (tertiary/aromatic N) is 3. The van der Waals surface area contributed by atoms with Crippen molar-refractivity contribution < 1.29 is 27.6 Å². The van der Waals surface area contributed by atoms with Gasteiger partial charge < -0.3 is 15.1 Å². The average molecular weight is 573 g/mol. The van der Waals surface area contributed by atoms with Gasteiger partial charge in [-0.15, -0.1) is 0 Å². The number of hydrogen-bond donors (Lipinski definition) is 1. The Bertz CT molecular complexity index is 1210. The molecule has 222 valence electrons. The molecule has 2 saturated heterocycles. The molecule has 10 heteroatoms. The number of carbonyl (C=O) groups is 3. The van der Waals surface area contributed by atoms with Gasteiger partial charge in [0.05, 0.1) is 12.1 Å². The summed E-state index contributed by atoms with van der Waals surface area (Å²) in [5, 5.41) is 2.47. The Morgan fingerprint density at radius 3 is 2.24 bits per heavy atom. The molecule has 0 aliphatic carbocycles. The second kappa shape index (κ2) is 13.5. The van der Waals surface area contributed by atoms with Gasteiger partial charge >= 0.3 is 6.18 Å². The summed E-state index contributed by atoms with van der Waals surface area (Å²) in [6, 6.07) is 12.5. The molecule has 0 radical (unpaired) electrons. The second-order valence-electron chi connectivity index (χ2n) is 10.9. The van der Waals surface area contributed by atoms with E-state index in [2.05, 4.69) is 15.1 Å². The van der Waals surface area contributed by atoms with Gasteiger partial charge in [-0.25, -0.2) is 0 Å². The highest BCUT2D eigenvalue weighted by Crippen LogP contribution is 2.30. The van der Waals surface area contributed by atoms with Crippen molar-refractivity contribution in [2.45, 2.75) is 51.7 Å². The molecule has 0 spiro atoms. The molecule has 2 fully saturated rings. The molecule has 41 heavy (non-hydrogen) atoms. The first-order valence-electron chi connectivity index (χ1n) is 14.4. The van der Waals surface area contributed by atoms with E-state index in [0.717, 1.165) is 63.3 Å². The number of hydrogen-bond acceptors (Lipinski definition) is 5. The standard InChI is InChI=1S/C31H39F3N4O3/c1-3-36(4-2)30(41)23-8-10-26(11-9-23)37-16-13-27(14-17-37)38-15-12-22(21-38)18-28(39)20-35-29(40)24-6-5-7-25(19-24)31(32,33)34/h5-11,19,22,27H,3-4,12-18,20-21H2,1-2H3,(H,35,40)/t22-/m0/s1. The predicted octanol–water partition coefficient (Wildman–Crippen LogP) is 4.87. The molecule has 4 rings (SSSR count). The minimum atomic E-state index is -4.53. The summed E-state index contributed by atoms with van der Waals surface area (Å²) >= 11 is 0. The first kappa shape index (κ1) is 30.6. The number of anilines is 1. The van der Waals surface area contributed by atoms with E-state index in [9.17, 15) is 27.6 Å². The Morgan fingerprint density at radius 1 is 0.927 bits per heavy atom. The topological polar surface area (TPSA) is 73.0 Å². The van der Waals surface area contributed by atoms with Crippen LogP contribution in [-0.4, -0.2) is 79.3 Å². The van der Waals surface area contributed by atoms with Gasteiger partial charge in [0.15, 0.2) is 5.78 Å². The molecule has 1 N–H and O–H groups in total. The molecule has 0 saturated carbocycles. The van der Waals surface area contributed by atoms with E-state index in [-0.39, 0.29) is 29.7 Å². The zero-order valence-electron chi connectivity index (χ0n) is 23.8. The maximum absolute atomic E-state index is 12.9. The normalized spacial score (nSPS) is 18.4. The van der Waals surface area contributed by atoms with Crippen molar-refractivity contribution >= 4 is 23.3 Å². The van der Waals surface area contributed by atoms with Gasteiger partial charge in [0, 0.05) is 62.0 Å². The third-order valence-electron chi connectivity index (χ3n) is 8.24. The Hall–Kier alpha value is -3.40. The highest BCUT2D eigenvalue weighted by Gasteiger charge is 2.32. The largest absolute Gasteiger partial charge is 0.416 e. The smallest absolute Gasteiger partial charge is 0.371 e. The van der Waals surface area contributed by atoms with Crippen LogP contribution in [0, 0.1) is 5.92 Å². The third kappa shape index (κ3) is 7.87. The van der Waals surface area contributed by atoms with Crippen LogP contribution in [0.5, 0.6) is 0 Å². The SMILES string of the molecule is CCN(CC)C(=O)c1ccc(N2CCC(N3CC[C@@H](CC(=O)CNC(=O)c4cccc(C(F)(F)F)c4)C3)CC2)cc1. The number of rotatable bonds is 10. The summed E-state index contributed by atoms with van der Waals surface area (Å²) < 4.78 is 38.7. The molecule has 0 aromatic heterocycles. The number of carbonyl (C=O) groups excluding carboxylic acids is 3. The molecule has 0 unspecified atom stereocenters. The van der Waals surface area contributed by atoms with Gasteiger partial charge in [-0.3, -0.25) is 19.3 Å². The summed E-state index contributed by atoms with van der Waals surface area (Å²) in [6.45, 7) is 8.77. The highest BCUT2D eigenvalue weighted by molar-refractivity contribution is 5.97. The van der Waals surface area contributed by atoms with Gasteiger partial charge in [-0.2, -0.15) is 13.2 Å². The van der Waals surface area contributed by atoms with Gasteiger partial charge in [-0.05, 0) is 88.0 Å². The van der Waals surface area contributed by atoms with Crippen LogP contribution in [-0.2, 0) is 11.0 Å². The number of halogens is 3. The Morgan fingerprint density at radius 2 is 1.61 bits per heavy atom. The zero-order chi connectivity index (χ0) is 29.6. The quantitative estimate of drug-likeness (QED) is 0.440. The van der Waals surface area contributed by atoms with Gasteiger partial charge in [0.25, 0.3) is 11.8 Å². The van der Waals surface area contributed by atoms with Crippen molar-refractivity contribution in [1.29, 1.82) is 0 Å². The minimum absolute atomic E-state index is 0.0560. The lowest BCUT2D eigenvalue weighted by Gasteiger charge is -2.38. The summed E-state index contributed by atoms with van der Waals surface area (Å²) in [7, 11) is 0. The molecule has 2 aliphatic heterocycles. The van der Waals surface area contributed by atoms with E-state index < -0.39 is 17.6 Å². The lowest BCUT2D eigenvalue weighted by molar-refractivity contribution is -0.137. The van der Waals surface area contributed by atoms with E-state index in [1.165, 1.54) is 12.1 Å². The minimum Gasteiger partial charge on any atom is -0.371 e. The molecule has 2 heterocycles. The molecule has 1 atom stereocenters. The fourth-order valence-corrected chi connectivity index (χ4v) is 5.87. The Labute approximate surface area is 239 Å². The van der Waals surface area contributed by atoms with Crippen molar-refractivity contribution in [1.82, 2.24) is 15.1 Å². The van der Waals surface area contributed by atoms with E-state index in [4.69, 9.17) is 0 Å². The fraction of sp³-hybridized carbons (Fsp3) is 0.516.